The van der Waals surface area contributed by atoms with Gasteiger partial charge in [0, 0.05) is 36.6 Å². The van der Waals surface area contributed by atoms with Crippen molar-refractivity contribution in [3.8, 4) is 0 Å². The molecule has 6 aliphatic carbocycles. The number of esters is 1. The van der Waals surface area contributed by atoms with Crippen LogP contribution in [0.3, 0.4) is 0 Å². The SMILES string of the molecule is CC(C)[C@@H]1CC[C@]2(NCCC(CN)N3CCS(=O)(=O)CC3)CC[C@]3(C)[C@H](CC[C@@H]4[C@@]5(C)CC[C@H](OC(=O)[C@H]6[C@@H](C(=O)O)C6(C)C)C(C)(C)[C@@H]5CC[C@]43C)[C@@H]12. The van der Waals surface area contributed by atoms with Crippen molar-refractivity contribution in [3.05, 3.63) is 0 Å². The van der Waals surface area contributed by atoms with Gasteiger partial charge in [-0.15, -0.1) is 0 Å². The van der Waals surface area contributed by atoms with Crippen LogP contribution < -0.4 is 11.1 Å². The second-order valence-electron chi connectivity index (χ2n) is 22.0. The van der Waals surface area contributed by atoms with Crippen LogP contribution in [0.4, 0.5) is 0 Å². The first kappa shape index (κ1) is 40.9. The highest BCUT2D eigenvalue weighted by Gasteiger charge is 2.72. The third kappa shape index (κ3) is 6.17. The van der Waals surface area contributed by atoms with Gasteiger partial charge in [-0.1, -0.05) is 62.3 Å². The molecule has 9 nitrogen and oxygen atoms in total. The molecule has 6 saturated carbocycles. The maximum absolute atomic E-state index is 13.5. The molecule has 1 heterocycles. The number of carboxylic acid groups (broad SMARTS) is 1. The van der Waals surface area contributed by atoms with Crippen LogP contribution in [0.1, 0.15) is 133 Å². The molecule has 0 amide bonds. The van der Waals surface area contributed by atoms with Gasteiger partial charge in [0.05, 0.1) is 23.3 Å². The summed E-state index contributed by atoms with van der Waals surface area (Å²) in [5, 5.41) is 14.0. The van der Waals surface area contributed by atoms with E-state index in [1.165, 1.54) is 44.9 Å². The van der Waals surface area contributed by atoms with Gasteiger partial charge in [0.2, 0.25) is 0 Å². The Morgan fingerprint density at radius 1 is 0.833 bits per heavy atom. The smallest absolute Gasteiger partial charge is 0.310 e. The van der Waals surface area contributed by atoms with Crippen LogP contribution in [0.2, 0.25) is 0 Å². The first-order valence-electron chi connectivity index (χ1n) is 21.9. The molecule has 1 saturated heterocycles. The van der Waals surface area contributed by atoms with Crippen molar-refractivity contribution in [2.45, 2.75) is 151 Å². The molecule has 0 bridgehead atoms. The number of carboxylic acids is 1. The normalized spacial score (nSPS) is 46.7. The molecule has 0 radical (unpaired) electrons. The number of ether oxygens (including phenoxy) is 1. The molecule has 7 fully saturated rings. The van der Waals surface area contributed by atoms with E-state index in [0.29, 0.717) is 55.1 Å². The Balaban J connectivity index is 1.08. The number of rotatable bonds is 10. The summed E-state index contributed by atoms with van der Waals surface area (Å²) in [5.41, 5.74) is 6.42. The van der Waals surface area contributed by atoms with Crippen molar-refractivity contribution < 1.29 is 27.9 Å². The number of fused-ring (bicyclic) bond motifs is 7. The maximum atomic E-state index is 13.5. The molecule has 0 spiro atoms. The largest absolute Gasteiger partial charge is 0.481 e. The van der Waals surface area contributed by atoms with Gasteiger partial charge in [-0.2, -0.15) is 0 Å². The van der Waals surface area contributed by atoms with Gasteiger partial charge < -0.3 is 20.9 Å². The molecule has 4 N–H and O–H groups in total. The summed E-state index contributed by atoms with van der Waals surface area (Å²) in [6, 6.07) is 0.217. The summed E-state index contributed by atoms with van der Waals surface area (Å²) in [6.45, 7) is 24.0. The van der Waals surface area contributed by atoms with Gasteiger partial charge in [-0.3, -0.25) is 14.5 Å². The zero-order valence-electron chi connectivity index (χ0n) is 35.2. The molecule has 1 aliphatic heterocycles. The second kappa shape index (κ2) is 13.7. The third-order valence-corrected chi connectivity index (χ3v) is 20.6. The lowest BCUT2D eigenvalue weighted by Gasteiger charge is -2.73. The number of nitrogens with two attached hydrogens (primary N) is 1. The van der Waals surface area contributed by atoms with Gasteiger partial charge in [0.25, 0.3) is 0 Å². The van der Waals surface area contributed by atoms with Gasteiger partial charge in [0.15, 0.2) is 9.84 Å². The Bertz CT molecular complexity index is 1570. The van der Waals surface area contributed by atoms with E-state index < -0.39 is 33.1 Å². The number of nitrogens with one attached hydrogen (secondary N) is 1. The molecular formula is C44H75N3O6S. The number of hydrogen-bond donors (Lipinski definition) is 3. The van der Waals surface area contributed by atoms with E-state index in [2.05, 4.69) is 58.7 Å². The lowest BCUT2D eigenvalue weighted by atomic mass is 9.32. The monoisotopic (exact) mass is 774 g/mol. The first-order chi connectivity index (χ1) is 25.1. The number of sulfone groups is 1. The fourth-order valence-corrected chi connectivity index (χ4v) is 16.9. The Labute approximate surface area is 327 Å². The average Bonchev–Trinajstić information content (AvgIpc) is 3.47. The Morgan fingerprint density at radius 3 is 2.13 bits per heavy atom. The summed E-state index contributed by atoms with van der Waals surface area (Å²) in [5.74, 6) is 1.87. The van der Waals surface area contributed by atoms with Crippen LogP contribution in [0.5, 0.6) is 0 Å². The van der Waals surface area contributed by atoms with E-state index in [1.54, 1.807) is 0 Å². The molecule has 0 aromatic rings. The van der Waals surface area contributed by atoms with Gasteiger partial charge in [0.1, 0.15) is 6.10 Å². The highest BCUT2D eigenvalue weighted by Crippen LogP contribution is 2.76. The highest BCUT2D eigenvalue weighted by atomic mass is 32.2. The summed E-state index contributed by atoms with van der Waals surface area (Å²) >= 11 is 0. The van der Waals surface area contributed by atoms with E-state index in [4.69, 9.17) is 10.5 Å². The average molecular weight is 774 g/mol. The minimum atomic E-state index is -2.92. The van der Waals surface area contributed by atoms with Gasteiger partial charge in [-0.25, -0.2) is 8.42 Å². The fraction of sp³-hybridized carbons (Fsp3) is 0.955. The van der Waals surface area contributed by atoms with Crippen LogP contribution >= 0.6 is 0 Å². The Kier molecular flexibility index (Phi) is 10.4. The standard InChI is InChI=1S/C44H75N3O6S/c1-27(2)29-12-18-44(46-21-15-28(26-45)47-22-24-54(51,52)25-23-47)20-19-42(8)30(34(29)44)10-11-32-41(7)16-14-33(39(3,4)31(41)13-17-43(32,42)9)53-38(50)36-35(37(48)49)40(36,5)6/h27-36,46H,10-26,45H2,1-9H3,(H,48,49)/t28?,29-,30+,31-,32+,33-,34+,35-,36+,41-,42+,43+,44-/m0/s1. The molecular weight excluding hydrogens is 699 g/mol. The molecule has 0 aromatic carbocycles. The van der Waals surface area contributed by atoms with E-state index in [-0.39, 0.29) is 56.8 Å². The molecule has 308 valence electrons. The van der Waals surface area contributed by atoms with Gasteiger partial charge in [-0.05, 0) is 134 Å². The number of nitrogens with zero attached hydrogens (tertiary/aromatic N) is 1. The molecule has 54 heavy (non-hydrogen) atoms. The lowest BCUT2D eigenvalue weighted by Crippen LogP contribution is -2.69. The van der Waals surface area contributed by atoms with Crippen LogP contribution in [0.25, 0.3) is 0 Å². The Hall–Kier alpha value is -1.23. The summed E-state index contributed by atoms with van der Waals surface area (Å²) in [4.78, 5) is 27.7. The first-order valence-corrected chi connectivity index (χ1v) is 23.7. The Morgan fingerprint density at radius 2 is 1.52 bits per heavy atom. The minimum Gasteiger partial charge on any atom is -0.481 e. The van der Waals surface area contributed by atoms with Crippen molar-refractivity contribution in [1.82, 2.24) is 10.2 Å². The molecule has 7 rings (SSSR count). The summed E-state index contributed by atoms with van der Waals surface area (Å²) < 4.78 is 30.6. The van der Waals surface area contributed by atoms with E-state index >= 15 is 0 Å². The third-order valence-electron chi connectivity index (χ3n) is 19.0. The molecule has 13 atom stereocenters. The molecule has 10 heteroatoms. The van der Waals surface area contributed by atoms with Crippen LogP contribution in [0.15, 0.2) is 0 Å². The van der Waals surface area contributed by atoms with Crippen LogP contribution in [-0.4, -0.2) is 85.7 Å². The topological polar surface area (TPSA) is 139 Å². The summed E-state index contributed by atoms with van der Waals surface area (Å²) in [7, 11) is -2.92. The lowest BCUT2D eigenvalue weighted by molar-refractivity contribution is -0.247. The zero-order chi connectivity index (χ0) is 39.4. The number of carbonyl (C=O) groups excluding carboxylic acids is 1. The van der Waals surface area contributed by atoms with Crippen molar-refractivity contribution in [2.75, 3.05) is 37.7 Å². The van der Waals surface area contributed by atoms with Crippen LogP contribution in [-0.2, 0) is 24.2 Å². The fourth-order valence-electron chi connectivity index (χ4n) is 15.7. The number of carbonyl (C=O) groups is 2. The van der Waals surface area contributed by atoms with Crippen molar-refractivity contribution in [3.63, 3.8) is 0 Å². The molecule has 1 unspecified atom stereocenters. The van der Waals surface area contributed by atoms with Crippen molar-refractivity contribution >= 4 is 21.8 Å². The maximum Gasteiger partial charge on any atom is 0.310 e. The van der Waals surface area contributed by atoms with Crippen molar-refractivity contribution in [1.29, 1.82) is 0 Å². The second-order valence-corrected chi connectivity index (χ2v) is 24.3. The number of hydrogen-bond acceptors (Lipinski definition) is 8. The zero-order valence-corrected chi connectivity index (χ0v) is 36.0. The van der Waals surface area contributed by atoms with E-state index in [1.807, 2.05) is 13.8 Å². The quantitative estimate of drug-likeness (QED) is 0.205. The van der Waals surface area contributed by atoms with E-state index in [0.717, 1.165) is 32.2 Å². The van der Waals surface area contributed by atoms with Crippen LogP contribution in [0, 0.1) is 74.4 Å². The predicted octanol–water partition coefficient (Wildman–Crippen LogP) is 6.78. The van der Waals surface area contributed by atoms with Gasteiger partial charge >= 0.3 is 11.9 Å². The van der Waals surface area contributed by atoms with Crippen molar-refractivity contribution in [2.24, 2.45) is 80.2 Å². The molecule has 7 aliphatic rings. The minimum absolute atomic E-state index is 0.160. The molecule has 0 aromatic heterocycles. The highest BCUT2D eigenvalue weighted by molar-refractivity contribution is 7.91. The predicted molar refractivity (Wildman–Crippen MR) is 213 cm³/mol. The number of aliphatic carboxylic acids is 1. The summed E-state index contributed by atoms with van der Waals surface area (Å²) in [6.07, 6.45) is 12.7. The van der Waals surface area contributed by atoms with E-state index in [9.17, 15) is 23.1 Å².